The van der Waals surface area contributed by atoms with Gasteiger partial charge in [0, 0.05) is 16.7 Å². The first-order valence-corrected chi connectivity index (χ1v) is 5.72. The molecule has 0 spiro atoms. The molecule has 0 radical (unpaired) electrons. The van der Waals surface area contributed by atoms with E-state index in [1.54, 1.807) is 0 Å². The van der Waals surface area contributed by atoms with Crippen molar-refractivity contribution in [3.8, 4) is 0 Å². The summed E-state index contributed by atoms with van der Waals surface area (Å²) in [5.74, 6) is 0.0116. The van der Waals surface area contributed by atoms with Crippen molar-refractivity contribution in [3.05, 3.63) is 28.7 Å². The van der Waals surface area contributed by atoms with Gasteiger partial charge in [-0.25, -0.2) is 0 Å². The summed E-state index contributed by atoms with van der Waals surface area (Å²) < 4.78 is 0.996. The summed E-state index contributed by atoms with van der Waals surface area (Å²) in [5, 5.41) is 5.89. The Kier molecular flexibility index (Phi) is 4.62. The zero-order valence-corrected chi connectivity index (χ0v) is 10.5. The van der Waals surface area contributed by atoms with Crippen LogP contribution in [0.1, 0.15) is 13.8 Å². The lowest BCUT2D eigenvalue weighted by Gasteiger charge is -2.14. The van der Waals surface area contributed by atoms with Crippen LogP contribution < -0.4 is 10.6 Å². The van der Waals surface area contributed by atoms with Gasteiger partial charge in [-0.05, 0) is 32.0 Å². The van der Waals surface area contributed by atoms with Crippen molar-refractivity contribution in [1.82, 2.24) is 5.32 Å². The van der Waals surface area contributed by atoms with Crippen molar-refractivity contribution in [2.24, 2.45) is 0 Å². The predicted octanol–water partition coefficient (Wildman–Crippen LogP) is 2.39. The van der Waals surface area contributed by atoms with Gasteiger partial charge in [-0.2, -0.15) is 0 Å². The molecule has 15 heavy (non-hydrogen) atoms. The molecule has 0 aliphatic carbocycles. The van der Waals surface area contributed by atoms with Crippen LogP contribution in [0, 0.1) is 0 Å². The first kappa shape index (κ1) is 12.0. The van der Waals surface area contributed by atoms with Crippen molar-refractivity contribution in [1.29, 1.82) is 0 Å². The van der Waals surface area contributed by atoms with Crippen LogP contribution in [0.5, 0.6) is 0 Å². The van der Waals surface area contributed by atoms with Crippen LogP contribution in [0.25, 0.3) is 0 Å². The molecule has 0 saturated carbocycles. The highest BCUT2D eigenvalue weighted by Gasteiger charge is 2.10. The quantitative estimate of drug-likeness (QED) is 0.882. The maximum Gasteiger partial charge on any atom is 0.242 e. The van der Waals surface area contributed by atoms with E-state index in [-0.39, 0.29) is 11.9 Å². The second-order valence-electron chi connectivity index (χ2n) is 3.27. The van der Waals surface area contributed by atoms with Crippen molar-refractivity contribution in [2.75, 3.05) is 11.9 Å². The Labute approximate surface area is 98.4 Å². The van der Waals surface area contributed by atoms with Crippen LogP contribution in [0.2, 0.25) is 0 Å². The van der Waals surface area contributed by atoms with Gasteiger partial charge in [-0.1, -0.05) is 22.0 Å². The summed E-state index contributed by atoms with van der Waals surface area (Å²) in [6, 6.07) is 7.52. The molecule has 0 aliphatic rings. The Hall–Kier alpha value is -1.03. The third-order valence-corrected chi connectivity index (χ3v) is 2.45. The van der Waals surface area contributed by atoms with E-state index in [0.717, 1.165) is 10.2 Å². The lowest BCUT2D eigenvalue weighted by atomic mass is 10.2. The summed E-state index contributed by atoms with van der Waals surface area (Å²) in [6.07, 6.45) is 0. The topological polar surface area (TPSA) is 41.1 Å². The molecule has 82 valence electrons. The maximum absolute atomic E-state index is 11.4. The van der Waals surface area contributed by atoms with Crippen LogP contribution in [-0.4, -0.2) is 18.5 Å². The number of nitrogens with one attached hydrogen (secondary N) is 2. The minimum atomic E-state index is -0.223. The third-order valence-electron chi connectivity index (χ3n) is 1.95. The molecule has 1 unspecified atom stereocenters. The van der Waals surface area contributed by atoms with Gasteiger partial charge in [0.15, 0.2) is 0 Å². The minimum absolute atomic E-state index is 0.0116. The average Bonchev–Trinajstić information content (AvgIpc) is 2.18. The zero-order valence-electron chi connectivity index (χ0n) is 8.88. The van der Waals surface area contributed by atoms with E-state index in [2.05, 4.69) is 26.6 Å². The Morgan fingerprint density at radius 1 is 1.53 bits per heavy atom. The Balaban J connectivity index is 2.58. The highest BCUT2D eigenvalue weighted by atomic mass is 79.9. The standard InChI is InChI=1S/C11H15BrN2O/c1-3-13-11(15)8(2)14-10-6-4-5-9(12)7-10/h4-8,14H,3H2,1-2H3,(H,13,15). The molecule has 0 saturated heterocycles. The molecule has 1 aromatic rings. The average molecular weight is 271 g/mol. The van der Waals surface area contributed by atoms with E-state index in [4.69, 9.17) is 0 Å². The number of hydrogen-bond donors (Lipinski definition) is 2. The first-order chi connectivity index (χ1) is 7.13. The van der Waals surface area contributed by atoms with Gasteiger partial charge in [-0.3, -0.25) is 4.79 Å². The van der Waals surface area contributed by atoms with Gasteiger partial charge in [0.1, 0.15) is 6.04 Å². The number of carbonyl (C=O) groups excluding carboxylic acids is 1. The molecule has 2 N–H and O–H groups in total. The van der Waals surface area contributed by atoms with Gasteiger partial charge < -0.3 is 10.6 Å². The molecule has 0 heterocycles. The van der Waals surface area contributed by atoms with E-state index >= 15 is 0 Å². The monoisotopic (exact) mass is 270 g/mol. The number of anilines is 1. The molecule has 3 nitrogen and oxygen atoms in total. The van der Waals surface area contributed by atoms with Gasteiger partial charge in [-0.15, -0.1) is 0 Å². The van der Waals surface area contributed by atoms with Crippen molar-refractivity contribution < 1.29 is 4.79 Å². The van der Waals surface area contributed by atoms with E-state index in [0.29, 0.717) is 6.54 Å². The van der Waals surface area contributed by atoms with Crippen molar-refractivity contribution in [2.45, 2.75) is 19.9 Å². The summed E-state index contributed by atoms with van der Waals surface area (Å²) in [7, 11) is 0. The molecule has 0 aromatic heterocycles. The molecule has 0 bridgehead atoms. The van der Waals surface area contributed by atoms with Crippen LogP contribution >= 0.6 is 15.9 Å². The third kappa shape index (κ3) is 3.91. The molecule has 4 heteroatoms. The highest BCUT2D eigenvalue weighted by molar-refractivity contribution is 9.10. The van der Waals surface area contributed by atoms with Gasteiger partial charge in [0.25, 0.3) is 0 Å². The molecule has 0 aliphatic heterocycles. The lowest BCUT2D eigenvalue weighted by molar-refractivity contribution is -0.121. The number of benzene rings is 1. The highest BCUT2D eigenvalue weighted by Crippen LogP contribution is 2.16. The van der Waals surface area contributed by atoms with E-state index in [9.17, 15) is 4.79 Å². The number of rotatable bonds is 4. The largest absolute Gasteiger partial charge is 0.374 e. The Bertz CT molecular complexity index is 341. The lowest BCUT2D eigenvalue weighted by Crippen LogP contribution is -2.37. The second kappa shape index (κ2) is 5.75. The summed E-state index contributed by atoms with van der Waals surface area (Å²) in [5.41, 5.74) is 0.933. The molecular weight excluding hydrogens is 256 g/mol. The normalized spacial score (nSPS) is 11.9. The predicted molar refractivity (Wildman–Crippen MR) is 65.9 cm³/mol. The molecule has 1 amide bonds. The number of carbonyl (C=O) groups is 1. The van der Waals surface area contributed by atoms with E-state index in [1.807, 2.05) is 38.1 Å². The minimum Gasteiger partial charge on any atom is -0.374 e. The molecular formula is C11H15BrN2O. The second-order valence-corrected chi connectivity index (χ2v) is 4.19. The van der Waals surface area contributed by atoms with Crippen molar-refractivity contribution >= 4 is 27.5 Å². The van der Waals surface area contributed by atoms with E-state index < -0.39 is 0 Å². The fourth-order valence-electron chi connectivity index (χ4n) is 1.22. The number of likely N-dealkylation sites (N-methyl/N-ethyl adjacent to an activating group) is 1. The summed E-state index contributed by atoms with van der Waals surface area (Å²) in [6.45, 7) is 4.40. The summed E-state index contributed by atoms with van der Waals surface area (Å²) in [4.78, 5) is 11.4. The Morgan fingerprint density at radius 3 is 2.87 bits per heavy atom. The fraction of sp³-hybridized carbons (Fsp3) is 0.364. The number of hydrogen-bond acceptors (Lipinski definition) is 2. The molecule has 1 rings (SSSR count). The number of amides is 1. The van der Waals surface area contributed by atoms with Crippen LogP contribution in [-0.2, 0) is 4.79 Å². The van der Waals surface area contributed by atoms with Crippen LogP contribution in [0.3, 0.4) is 0 Å². The zero-order chi connectivity index (χ0) is 11.3. The number of halogens is 1. The Morgan fingerprint density at radius 2 is 2.27 bits per heavy atom. The van der Waals surface area contributed by atoms with Crippen LogP contribution in [0.4, 0.5) is 5.69 Å². The van der Waals surface area contributed by atoms with Gasteiger partial charge in [0.05, 0.1) is 0 Å². The summed E-state index contributed by atoms with van der Waals surface area (Å²) >= 11 is 3.38. The molecule has 1 aromatic carbocycles. The van der Waals surface area contributed by atoms with Gasteiger partial charge >= 0.3 is 0 Å². The van der Waals surface area contributed by atoms with E-state index in [1.165, 1.54) is 0 Å². The smallest absolute Gasteiger partial charge is 0.242 e. The first-order valence-electron chi connectivity index (χ1n) is 4.93. The fourth-order valence-corrected chi connectivity index (χ4v) is 1.62. The maximum atomic E-state index is 11.4. The van der Waals surface area contributed by atoms with Gasteiger partial charge in [0.2, 0.25) is 5.91 Å². The van der Waals surface area contributed by atoms with Crippen molar-refractivity contribution in [3.63, 3.8) is 0 Å². The molecule has 1 atom stereocenters. The molecule has 0 fully saturated rings. The SMILES string of the molecule is CCNC(=O)C(C)Nc1cccc(Br)c1. The van der Waals surface area contributed by atoms with Crippen LogP contribution in [0.15, 0.2) is 28.7 Å².